The molecule has 2 aromatic carbocycles. The van der Waals surface area contributed by atoms with Crippen LogP contribution in [0.4, 0.5) is 5.69 Å². The third kappa shape index (κ3) is 2.30. The van der Waals surface area contributed by atoms with Crippen LogP contribution >= 0.6 is 0 Å². The minimum atomic E-state index is 0.421. The third-order valence-corrected chi connectivity index (χ3v) is 5.90. The Morgan fingerprint density at radius 1 is 0.833 bits per heavy atom. The first-order valence-electron chi connectivity index (χ1n) is 9.27. The second-order valence-corrected chi connectivity index (χ2v) is 7.24. The monoisotopic (exact) mass is 320 g/mol. The number of anilines is 1. The molecular formula is C21H24N2O. The van der Waals surface area contributed by atoms with Crippen molar-refractivity contribution in [3.63, 3.8) is 0 Å². The molecule has 3 nitrogen and oxygen atoms in total. The van der Waals surface area contributed by atoms with Crippen molar-refractivity contribution in [2.75, 3.05) is 24.5 Å². The van der Waals surface area contributed by atoms with E-state index in [0.717, 1.165) is 18.0 Å². The molecule has 0 N–H and O–H groups in total. The van der Waals surface area contributed by atoms with Crippen molar-refractivity contribution in [3.05, 3.63) is 54.1 Å². The average molecular weight is 320 g/mol. The Morgan fingerprint density at radius 2 is 1.58 bits per heavy atom. The largest absolute Gasteiger partial charge is 0.455 e. The smallest absolute Gasteiger partial charge is 0.150 e. The third-order valence-electron chi connectivity index (χ3n) is 5.90. The summed E-state index contributed by atoms with van der Waals surface area (Å²) in [6, 6.07) is 18.2. The van der Waals surface area contributed by atoms with E-state index in [4.69, 9.17) is 4.74 Å². The highest BCUT2D eigenvalue weighted by molar-refractivity contribution is 5.64. The highest BCUT2D eigenvalue weighted by atomic mass is 16.5. The molecule has 3 heterocycles. The summed E-state index contributed by atoms with van der Waals surface area (Å²) in [5.41, 5.74) is 2.59. The molecule has 0 spiro atoms. The highest BCUT2D eigenvalue weighted by Crippen LogP contribution is 2.47. The molecule has 0 radical (unpaired) electrons. The number of nitrogens with zero attached hydrogens (tertiary/aromatic N) is 2. The van der Waals surface area contributed by atoms with E-state index in [1.807, 2.05) is 0 Å². The molecule has 2 atom stereocenters. The van der Waals surface area contributed by atoms with Crippen molar-refractivity contribution < 1.29 is 4.74 Å². The zero-order chi connectivity index (χ0) is 15.9. The van der Waals surface area contributed by atoms with Crippen LogP contribution in [0.25, 0.3) is 0 Å². The predicted octanol–water partition coefficient (Wildman–Crippen LogP) is 4.60. The van der Waals surface area contributed by atoms with Crippen molar-refractivity contribution in [1.29, 1.82) is 0 Å². The van der Waals surface area contributed by atoms with Crippen molar-refractivity contribution in [2.24, 2.45) is 0 Å². The van der Waals surface area contributed by atoms with Crippen LogP contribution in [0, 0.1) is 0 Å². The fraction of sp³-hybridized carbons (Fsp3) is 0.429. The van der Waals surface area contributed by atoms with Gasteiger partial charge in [0.1, 0.15) is 5.75 Å². The Labute approximate surface area is 143 Å². The van der Waals surface area contributed by atoms with E-state index in [9.17, 15) is 0 Å². The molecule has 2 unspecified atom stereocenters. The number of hydrogen-bond acceptors (Lipinski definition) is 3. The lowest BCUT2D eigenvalue weighted by Crippen LogP contribution is -2.45. The zero-order valence-corrected chi connectivity index (χ0v) is 14.0. The number of likely N-dealkylation sites (tertiary alicyclic amines) is 1. The molecule has 3 heteroatoms. The summed E-state index contributed by atoms with van der Waals surface area (Å²) in [4.78, 5) is 5.30. The Balaban J connectivity index is 1.56. The van der Waals surface area contributed by atoms with Gasteiger partial charge >= 0.3 is 0 Å². The summed E-state index contributed by atoms with van der Waals surface area (Å²) in [5, 5.41) is 0. The van der Waals surface area contributed by atoms with E-state index in [0.29, 0.717) is 12.1 Å². The van der Waals surface area contributed by atoms with Crippen LogP contribution in [0.1, 0.15) is 37.3 Å². The Bertz CT molecular complexity index is 738. The van der Waals surface area contributed by atoms with Crippen LogP contribution < -0.4 is 9.64 Å². The van der Waals surface area contributed by atoms with E-state index in [1.165, 1.54) is 50.0 Å². The number of para-hydroxylation sites is 3. The average Bonchev–Trinajstić information content (AvgIpc) is 3.13. The molecule has 0 saturated carbocycles. The van der Waals surface area contributed by atoms with Gasteiger partial charge in [0.05, 0.1) is 11.7 Å². The van der Waals surface area contributed by atoms with E-state index in [2.05, 4.69) is 58.3 Å². The van der Waals surface area contributed by atoms with Gasteiger partial charge in [-0.1, -0.05) is 30.3 Å². The fourth-order valence-corrected chi connectivity index (χ4v) is 4.72. The standard InChI is InChI=1S/C21H24N2O/c1-3-9-20-17(7-1)19-15-16(22-12-5-6-13-22)11-14-23(19)18-8-2-4-10-21(18)24-20/h1-4,7-10,16,19H,5-6,11-15H2. The number of rotatable bonds is 1. The van der Waals surface area contributed by atoms with Crippen LogP contribution in [0.2, 0.25) is 0 Å². The number of ether oxygens (including phenoxy) is 1. The number of piperidine rings is 1. The first-order valence-corrected chi connectivity index (χ1v) is 9.27. The zero-order valence-electron chi connectivity index (χ0n) is 14.0. The van der Waals surface area contributed by atoms with E-state index in [-0.39, 0.29) is 0 Å². The first kappa shape index (κ1) is 14.4. The number of benzene rings is 2. The number of fused-ring (bicyclic) bond motifs is 5. The molecule has 0 amide bonds. The second-order valence-electron chi connectivity index (χ2n) is 7.24. The summed E-state index contributed by atoms with van der Waals surface area (Å²) in [5.74, 6) is 2.02. The quantitative estimate of drug-likeness (QED) is 0.764. The van der Waals surface area contributed by atoms with Gasteiger partial charge in [0.25, 0.3) is 0 Å². The van der Waals surface area contributed by atoms with Gasteiger partial charge in [-0.25, -0.2) is 0 Å². The summed E-state index contributed by atoms with van der Waals surface area (Å²) in [6.45, 7) is 3.68. The minimum absolute atomic E-state index is 0.421. The maximum atomic E-state index is 6.30. The maximum Gasteiger partial charge on any atom is 0.150 e. The van der Waals surface area contributed by atoms with Gasteiger partial charge in [-0.15, -0.1) is 0 Å². The molecule has 3 aliphatic heterocycles. The van der Waals surface area contributed by atoms with Crippen LogP contribution in [-0.4, -0.2) is 30.6 Å². The normalized spacial score (nSPS) is 26.1. The molecule has 3 aliphatic rings. The summed E-state index contributed by atoms with van der Waals surface area (Å²) >= 11 is 0. The van der Waals surface area contributed by atoms with Gasteiger partial charge in [-0.05, 0) is 57.0 Å². The summed E-state index contributed by atoms with van der Waals surface area (Å²) in [7, 11) is 0. The lowest BCUT2D eigenvalue weighted by Gasteiger charge is -2.43. The highest BCUT2D eigenvalue weighted by Gasteiger charge is 2.37. The van der Waals surface area contributed by atoms with Crippen LogP contribution in [0.15, 0.2) is 48.5 Å². The molecule has 2 fully saturated rings. The molecule has 0 aromatic heterocycles. The Kier molecular flexibility index (Phi) is 3.48. The minimum Gasteiger partial charge on any atom is -0.455 e. The SMILES string of the molecule is c1ccc2c(c1)Oc1ccccc1N1CCC(N3CCCC3)CC21. The second kappa shape index (κ2) is 5.82. The number of hydrogen-bond donors (Lipinski definition) is 0. The van der Waals surface area contributed by atoms with Crippen LogP contribution in [0.5, 0.6) is 11.5 Å². The Morgan fingerprint density at radius 3 is 2.46 bits per heavy atom. The molecule has 124 valence electrons. The lowest BCUT2D eigenvalue weighted by atomic mass is 9.90. The van der Waals surface area contributed by atoms with E-state index < -0.39 is 0 Å². The predicted molar refractivity (Wildman–Crippen MR) is 96.9 cm³/mol. The van der Waals surface area contributed by atoms with Crippen LogP contribution in [-0.2, 0) is 0 Å². The first-order chi connectivity index (χ1) is 11.9. The summed E-state index contributed by atoms with van der Waals surface area (Å²) < 4.78 is 6.30. The van der Waals surface area contributed by atoms with Crippen LogP contribution in [0.3, 0.4) is 0 Å². The maximum absolute atomic E-state index is 6.30. The van der Waals surface area contributed by atoms with E-state index >= 15 is 0 Å². The fourth-order valence-electron chi connectivity index (χ4n) is 4.72. The van der Waals surface area contributed by atoms with Gasteiger partial charge in [0.15, 0.2) is 5.75 Å². The van der Waals surface area contributed by atoms with Gasteiger partial charge in [0.2, 0.25) is 0 Å². The van der Waals surface area contributed by atoms with Crippen molar-refractivity contribution >= 4 is 5.69 Å². The van der Waals surface area contributed by atoms with Gasteiger partial charge in [-0.3, -0.25) is 0 Å². The lowest BCUT2D eigenvalue weighted by molar-refractivity contribution is 0.188. The van der Waals surface area contributed by atoms with Gasteiger partial charge in [-0.2, -0.15) is 0 Å². The molecule has 0 bridgehead atoms. The molecule has 2 saturated heterocycles. The van der Waals surface area contributed by atoms with Gasteiger partial charge < -0.3 is 14.5 Å². The van der Waals surface area contributed by atoms with Crippen molar-refractivity contribution in [3.8, 4) is 11.5 Å². The molecular weight excluding hydrogens is 296 g/mol. The van der Waals surface area contributed by atoms with Crippen molar-refractivity contribution in [1.82, 2.24) is 4.90 Å². The molecule has 24 heavy (non-hydrogen) atoms. The molecule has 5 rings (SSSR count). The van der Waals surface area contributed by atoms with Crippen molar-refractivity contribution in [2.45, 2.75) is 37.8 Å². The molecule has 2 aromatic rings. The van der Waals surface area contributed by atoms with Gasteiger partial charge in [0, 0.05) is 18.2 Å². The Hall–Kier alpha value is -2.00. The molecule has 0 aliphatic carbocycles. The summed E-state index contributed by atoms with van der Waals surface area (Å²) in [6.07, 6.45) is 5.20. The van der Waals surface area contributed by atoms with E-state index in [1.54, 1.807) is 0 Å². The topological polar surface area (TPSA) is 15.7 Å².